The fourth-order valence-electron chi connectivity index (χ4n) is 3.49. The van der Waals surface area contributed by atoms with E-state index in [1.165, 1.54) is 0 Å². The van der Waals surface area contributed by atoms with E-state index in [9.17, 15) is 0 Å². The van der Waals surface area contributed by atoms with E-state index in [-0.39, 0.29) is 6.19 Å². The molecule has 0 aromatic heterocycles. The molecule has 0 fully saturated rings. The zero-order chi connectivity index (χ0) is 19.7. The van der Waals surface area contributed by atoms with E-state index in [4.69, 9.17) is 10.8 Å². The molecule has 0 amide bonds. The number of benzene rings is 4. The molecule has 0 heterocycles. The van der Waals surface area contributed by atoms with Gasteiger partial charge in [0.25, 0.3) is 0 Å². The first-order valence-electron chi connectivity index (χ1n) is 9.31. The minimum atomic E-state index is 0.235. The summed E-state index contributed by atoms with van der Waals surface area (Å²) in [6.07, 6.45) is 0.235. The van der Waals surface area contributed by atoms with Gasteiger partial charge in [-0.25, -0.2) is 0 Å². The summed E-state index contributed by atoms with van der Waals surface area (Å²) in [4.78, 5) is 4.52. The van der Waals surface area contributed by atoms with Crippen molar-refractivity contribution in [3.05, 3.63) is 77.9 Å². The number of hydrogen-bond donors (Lipinski definition) is 0. The molecule has 0 N–H and O–H groups in total. The molecule has 3 heteroatoms. The lowest BCUT2D eigenvalue weighted by molar-refractivity contribution is 0.354. The lowest BCUT2D eigenvalue weighted by Crippen LogP contribution is -1.96. The third-order valence-corrected chi connectivity index (χ3v) is 4.82. The van der Waals surface area contributed by atoms with Gasteiger partial charge in [0, 0.05) is 17.3 Å². The van der Waals surface area contributed by atoms with Crippen LogP contribution in [0.25, 0.3) is 21.5 Å². The molecule has 0 saturated carbocycles. The van der Waals surface area contributed by atoms with Crippen LogP contribution in [0.4, 0.5) is 5.69 Å². The SMILES string of the molecule is [2H]C(=Nc1ccccc1)c1cc2c(C)c(OC)c(OC)cc2c2ccccc12. The monoisotopic (exact) mass is 356 g/mol. The topological polar surface area (TPSA) is 30.8 Å². The van der Waals surface area contributed by atoms with Crippen molar-refractivity contribution >= 4 is 33.4 Å². The van der Waals surface area contributed by atoms with Crippen molar-refractivity contribution in [1.82, 2.24) is 0 Å². The smallest absolute Gasteiger partial charge is 0.164 e. The molecular formula is C24H21NO2. The molecule has 0 radical (unpaired) electrons. The maximum atomic E-state index is 8.65. The van der Waals surface area contributed by atoms with Crippen LogP contribution in [0.2, 0.25) is 0 Å². The second kappa shape index (κ2) is 7.12. The molecule has 0 aliphatic heterocycles. The van der Waals surface area contributed by atoms with Crippen molar-refractivity contribution in [1.29, 1.82) is 0 Å². The third-order valence-electron chi connectivity index (χ3n) is 4.82. The number of aliphatic imine (C=N–C) groups is 1. The Morgan fingerprint density at radius 2 is 1.52 bits per heavy atom. The highest BCUT2D eigenvalue weighted by Crippen LogP contribution is 2.40. The quantitative estimate of drug-likeness (QED) is 0.328. The van der Waals surface area contributed by atoms with E-state index in [1.807, 2.05) is 67.6 Å². The first-order valence-corrected chi connectivity index (χ1v) is 8.81. The molecule has 4 aromatic rings. The minimum Gasteiger partial charge on any atom is -0.493 e. The molecule has 27 heavy (non-hydrogen) atoms. The van der Waals surface area contributed by atoms with Crippen LogP contribution < -0.4 is 9.47 Å². The van der Waals surface area contributed by atoms with Gasteiger partial charge in [0.05, 0.1) is 21.3 Å². The molecule has 0 unspecified atom stereocenters. The summed E-state index contributed by atoms with van der Waals surface area (Å²) in [6.45, 7) is 2.01. The normalized spacial score (nSPS) is 12.3. The second-order valence-electron chi connectivity index (χ2n) is 6.36. The molecule has 0 saturated heterocycles. The van der Waals surface area contributed by atoms with Crippen LogP contribution in [0.3, 0.4) is 0 Å². The first-order chi connectivity index (χ1) is 13.6. The zero-order valence-corrected chi connectivity index (χ0v) is 15.6. The average Bonchev–Trinajstić information content (AvgIpc) is 2.73. The van der Waals surface area contributed by atoms with Crippen molar-refractivity contribution in [3.63, 3.8) is 0 Å². The van der Waals surface area contributed by atoms with E-state index in [2.05, 4.69) is 11.1 Å². The molecule has 134 valence electrons. The summed E-state index contributed by atoms with van der Waals surface area (Å²) in [5, 5.41) is 4.15. The van der Waals surface area contributed by atoms with Gasteiger partial charge < -0.3 is 9.47 Å². The van der Waals surface area contributed by atoms with E-state index in [1.54, 1.807) is 14.2 Å². The van der Waals surface area contributed by atoms with E-state index in [0.717, 1.165) is 38.4 Å². The maximum Gasteiger partial charge on any atom is 0.164 e. The number of para-hydroxylation sites is 1. The Balaban J connectivity index is 2.06. The van der Waals surface area contributed by atoms with Gasteiger partial charge >= 0.3 is 0 Å². The standard InChI is InChI=1S/C24H21NO2/c1-16-21-13-17(15-25-18-9-5-4-6-10-18)19-11-7-8-12-20(19)22(21)14-23(26-2)24(16)27-3/h4-15H,1-3H3/i15D. The van der Waals surface area contributed by atoms with Crippen LogP contribution in [0.15, 0.2) is 71.7 Å². The van der Waals surface area contributed by atoms with Gasteiger partial charge in [-0.3, -0.25) is 4.99 Å². The molecule has 0 bridgehead atoms. The number of fused-ring (bicyclic) bond motifs is 3. The Morgan fingerprint density at radius 3 is 2.22 bits per heavy atom. The van der Waals surface area contributed by atoms with Crippen LogP contribution in [0, 0.1) is 6.92 Å². The highest BCUT2D eigenvalue weighted by Gasteiger charge is 2.15. The van der Waals surface area contributed by atoms with Crippen LogP contribution >= 0.6 is 0 Å². The van der Waals surface area contributed by atoms with E-state index in [0.29, 0.717) is 11.5 Å². The Labute approximate surface area is 160 Å². The van der Waals surface area contributed by atoms with Gasteiger partial charge in [-0.15, -0.1) is 0 Å². The van der Waals surface area contributed by atoms with E-state index < -0.39 is 0 Å². The lowest BCUT2D eigenvalue weighted by atomic mass is 9.94. The average molecular weight is 356 g/mol. The van der Waals surface area contributed by atoms with Gasteiger partial charge in [-0.05, 0) is 52.7 Å². The Hall–Kier alpha value is -3.33. The highest BCUT2D eigenvalue weighted by atomic mass is 16.5. The van der Waals surface area contributed by atoms with Crippen molar-refractivity contribution < 1.29 is 10.8 Å². The number of ether oxygens (including phenoxy) is 2. The maximum absolute atomic E-state index is 8.65. The molecule has 0 aliphatic rings. The number of methoxy groups -OCH3 is 2. The van der Waals surface area contributed by atoms with Gasteiger partial charge in [-0.1, -0.05) is 42.5 Å². The predicted octanol–water partition coefficient (Wildman–Crippen LogP) is 6.07. The summed E-state index contributed by atoms with van der Waals surface area (Å²) in [7, 11) is 3.29. The molecular weight excluding hydrogens is 334 g/mol. The second-order valence-corrected chi connectivity index (χ2v) is 6.36. The number of hydrogen-bond acceptors (Lipinski definition) is 3. The Bertz CT molecular complexity index is 1200. The highest BCUT2D eigenvalue weighted by molar-refractivity contribution is 6.15. The number of rotatable bonds is 4. The Morgan fingerprint density at radius 1 is 0.815 bits per heavy atom. The first kappa shape index (κ1) is 15.9. The van der Waals surface area contributed by atoms with Crippen molar-refractivity contribution in [3.8, 4) is 11.5 Å². The number of aryl methyl sites for hydroxylation is 1. The van der Waals surface area contributed by atoms with Gasteiger partial charge in [-0.2, -0.15) is 0 Å². The van der Waals surface area contributed by atoms with Crippen LogP contribution in [0.1, 0.15) is 12.5 Å². The molecule has 3 nitrogen and oxygen atoms in total. The summed E-state index contributed by atoms with van der Waals surface area (Å²) in [6, 6.07) is 21.7. The fraction of sp³-hybridized carbons (Fsp3) is 0.125. The van der Waals surface area contributed by atoms with Gasteiger partial charge in [0.1, 0.15) is 0 Å². The molecule has 4 aromatic carbocycles. The summed E-state index contributed by atoms with van der Waals surface area (Å²) >= 11 is 0. The summed E-state index contributed by atoms with van der Waals surface area (Å²) in [5.74, 6) is 1.41. The molecule has 4 rings (SSSR count). The lowest BCUT2D eigenvalue weighted by Gasteiger charge is -2.16. The summed E-state index contributed by atoms with van der Waals surface area (Å²) < 4.78 is 19.8. The van der Waals surface area contributed by atoms with Crippen molar-refractivity contribution in [2.24, 2.45) is 4.99 Å². The largest absolute Gasteiger partial charge is 0.493 e. The Kier molecular flexibility index (Phi) is 4.19. The van der Waals surface area contributed by atoms with E-state index >= 15 is 0 Å². The van der Waals surface area contributed by atoms with Crippen LogP contribution in [0.5, 0.6) is 11.5 Å². The van der Waals surface area contributed by atoms with Crippen molar-refractivity contribution in [2.75, 3.05) is 14.2 Å². The van der Waals surface area contributed by atoms with Gasteiger partial charge in [0.15, 0.2) is 11.5 Å². The predicted molar refractivity (Wildman–Crippen MR) is 113 cm³/mol. The van der Waals surface area contributed by atoms with Gasteiger partial charge in [0.2, 0.25) is 0 Å². The molecule has 0 spiro atoms. The zero-order valence-electron chi connectivity index (χ0n) is 16.6. The fourth-order valence-corrected chi connectivity index (χ4v) is 3.49. The summed E-state index contributed by atoms with van der Waals surface area (Å²) in [5.41, 5.74) is 2.54. The molecule has 0 aliphatic carbocycles. The molecule has 0 atom stereocenters. The van der Waals surface area contributed by atoms with Crippen LogP contribution in [-0.2, 0) is 0 Å². The third kappa shape index (κ3) is 3.02. The number of nitrogens with zero attached hydrogens (tertiary/aromatic N) is 1. The van der Waals surface area contributed by atoms with Crippen LogP contribution in [-0.4, -0.2) is 20.4 Å². The minimum absolute atomic E-state index is 0.235. The van der Waals surface area contributed by atoms with Crippen molar-refractivity contribution in [2.45, 2.75) is 6.92 Å².